The Labute approximate surface area is 149 Å². The number of hydrogen-bond acceptors (Lipinski definition) is 4. The van der Waals surface area contributed by atoms with E-state index >= 15 is 0 Å². The van der Waals surface area contributed by atoms with Crippen molar-refractivity contribution in [2.45, 2.75) is 20.3 Å². The second kappa shape index (κ2) is 6.72. The molecule has 0 atom stereocenters. The fraction of sp³-hybridized carbons (Fsp3) is 0.353. The van der Waals surface area contributed by atoms with E-state index in [0.29, 0.717) is 11.7 Å². The first kappa shape index (κ1) is 17.2. The number of rotatable bonds is 4. The van der Waals surface area contributed by atoms with Crippen molar-refractivity contribution in [3.8, 4) is 11.3 Å². The molecule has 2 amide bonds. The quantitative estimate of drug-likeness (QED) is 0.752. The lowest BCUT2D eigenvalue weighted by atomic mass is 10.1. The molecule has 8 heteroatoms. The lowest BCUT2D eigenvalue weighted by Gasteiger charge is -2.05. The fourth-order valence-corrected chi connectivity index (χ4v) is 3.47. The van der Waals surface area contributed by atoms with E-state index in [1.54, 1.807) is 23.2 Å². The zero-order valence-electron chi connectivity index (χ0n) is 14.7. The molecule has 0 aliphatic rings. The van der Waals surface area contributed by atoms with Gasteiger partial charge in [-0.15, -0.1) is 11.3 Å². The van der Waals surface area contributed by atoms with Crippen LogP contribution in [-0.2, 0) is 14.1 Å². The van der Waals surface area contributed by atoms with Crippen LogP contribution >= 0.6 is 11.3 Å². The van der Waals surface area contributed by atoms with E-state index in [0.717, 1.165) is 34.3 Å². The molecular formula is C17H21N5O2S. The van der Waals surface area contributed by atoms with E-state index in [9.17, 15) is 9.59 Å². The maximum Gasteiger partial charge on any atom is 0.328 e. The van der Waals surface area contributed by atoms with Gasteiger partial charge in [-0.3, -0.25) is 14.5 Å². The molecule has 0 fully saturated rings. The molecule has 0 aliphatic heterocycles. The average Bonchev–Trinajstić information content (AvgIpc) is 3.12. The first-order valence-electron chi connectivity index (χ1n) is 8.09. The van der Waals surface area contributed by atoms with Crippen LogP contribution in [0, 0.1) is 6.92 Å². The van der Waals surface area contributed by atoms with Crippen molar-refractivity contribution in [1.29, 1.82) is 0 Å². The van der Waals surface area contributed by atoms with E-state index in [4.69, 9.17) is 0 Å². The van der Waals surface area contributed by atoms with E-state index < -0.39 is 0 Å². The number of imidazole rings is 1. The summed E-state index contributed by atoms with van der Waals surface area (Å²) in [7, 11) is 3.53. The highest BCUT2D eigenvalue weighted by Gasteiger charge is 2.14. The van der Waals surface area contributed by atoms with Crippen LogP contribution in [0.15, 0.2) is 22.3 Å². The van der Waals surface area contributed by atoms with Gasteiger partial charge in [-0.05, 0) is 31.0 Å². The van der Waals surface area contributed by atoms with Crippen molar-refractivity contribution in [3.05, 3.63) is 33.6 Å². The number of carbonyl (C=O) groups excluding carboxylic acids is 1. The summed E-state index contributed by atoms with van der Waals surface area (Å²) >= 11 is 1.38. The average molecular weight is 359 g/mol. The SMILES string of the molecule is CCCNC(=O)Nc1nc(-c2cc3c(cc2C)n(C)c(=O)n3C)cs1. The summed E-state index contributed by atoms with van der Waals surface area (Å²) < 4.78 is 3.26. The molecule has 3 aromatic rings. The molecular weight excluding hydrogens is 338 g/mol. The van der Waals surface area contributed by atoms with Gasteiger partial charge in [-0.1, -0.05) is 6.92 Å². The first-order chi connectivity index (χ1) is 11.9. The summed E-state index contributed by atoms with van der Waals surface area (Å²) in [4.78, 5) is 28.4. The number of benzene rings is 1. The Bertz CT molecular complexity index is 999. The van der Waals surface area contributed by atoms with Crippen molar-refractivity contribution in [3.63, 3.8) is 0 Å². The van der Waals surface area contributed by atoms with Gasteiger partial charge in [-0.2, -0.15) is 0 Å². The lowest BCUT2D eigenvalue weighted by Crippen LogP contribution is -2.29. The number of aromatic nitrogens is 3. The van der Waals surface area contributed by atoms with Crippen LogP contribution in [0.1, 0.15) is 18.9 Å². The van der Waals surface area contributed by atoms with Crippen LogP contribution in [0.25, 0.3) is 22.3 Å². The largest absolute Gasteiger partial charge is 0.338 e. The molecule has 3 rings (SSSR count). The van der Waals surface area contributed by atoms with E-state index in [1.165, 1.54) is 11.3 Å². The van der Waals surface area contributed by atoms with E-state index in [2.05, 4.69) is 15.6 Å². The van der Waals surface area contributed by atoms with Gasteiger partial charge in [0.25, 0.3) is 0 Å². The van der Waals surface area contributed by atoms with Crippen molar-refractivity contribution in [2.75, 3.05) is 11.9 Å². The summed E-state index contributed by atoms with van der Waals surface area (Å²) in [5.74, 6) is 0. The van der Waals surface area contributed by atoms with Crippen LogP contribution in [0.3, 0.4) is 0 Å². The third kappa shape index (κ3) is 3.17. The molecule has 2 aromatic heterocycles. The topological polar surface area (TPSA) is 81.0 Å². The number of fused-ring (bicyclic) bond motifs is 1. The second-order valence-corrected chi connectivity index (χ2v) is 6.83. The number of aryl methyl sites for hydroxylation is 3. The third-order valence-corrected chi connectivity index (χ3v) is 4.91. The van der Waals surface area contributed by atoms with Crippen LogP contribution in [-0.4, -0.2) is 26.7 Å². The minimum absolute atomic E-state index is 0.0558. The zero-order valence-corrected chi connectivity index (χ0v) is 15.5. The molecule has 0 radical (unpaired) electrons. The first-order valence-corrected chi connectivity index (χ1v) is 8.97. The monoisotopic (exact) mass is 359 g/mol. The summed E-state index contributed by atoms with van der Waals surface area (Å²) in [5.41, 5.74) is 4.46. The molecule has 1 aromatic carbocycles. The summed E-state index contributed by atoms with van der Waals surface area (Å²) in [5, 5.41) is 7.96. The van der Waals surface area contributed by atoms with Crippen LogP contribution < -0.4 is 16.3 Å². The molecule has 0 unspecified atom stereocenters. The molecule has 2 N–H and O–H groups in total. The summed E-state index contributed by atoms with van der Waals surface area (Å²) in [6.07, 6.45) is 0.880. The van der Waals surface area contributed by atoms with Crippen molar-refractivity contribution >= 4 is 33.5 Å². The number of urea groups is 1. The maximum absolute atomic E-state index is 12.1. The predicted octanol–water partition coefficient (Wildman–Crippen LogP) is 2.84. The Morgan fingerprint density at radius 2 is 1.92 bits per heavy atom. The Balaban J connectivity index is 1.95. The molecule has 0 bridgehead atoms. The number of thiazole rings is 1. The molecule has 7 nitrogen and oxygen atoms in total. The number of nitrogens with one attached hydrogen (secondary N) is 2. The van der Waals surface area contributed by atoms with E-state index in [-0.39, 0.29) is 11.7 Å². The van der Waals surface area contributed by atoms with Crippen molar-refractivity contribution in [1.82, 2.24) is 19.4 Å². The number of hydrogen-bond donors (Lipinski definition) is 2. The van der Waals surface area contributed by atoms with Crippen molar-refractivity contribution < 1.29 is 4.79 Å². The molecule has 25 heavy (non-hydrogen) atoms. The normalized spacial score (nSPS) is 11.0. The highest BCUT2D eigenvalue weighted by atomic mass is 32.1. The highest BCUT2D eigenvalue weighted by molar-refractivity contribution is 7.14. The maximum atomic E-state index is 12.1. The fourth-order valence-electron chi connectivity index (χ4n) is 2.76. The Morgan fingerprint density at radius 3 is 2.60 bits per heavy atom. The van der Waals surface area contributed by atoms with Gasteiger partial charge in [-0.25, -0.2) is 14.6 Å². The van der Waals surface area contributed by atoms with Gasteiger partial charge in [0.1, 0.15) is 0 Å². The number of amides is 2. The number of carbonyl (C=O) groups is 1. The van der Waals surface area contributed by atoms with Crippen LogP contribution in [0.5, 0.6) is 0 Å². The summed E-state index contributed by atoms with van der Waals surface area (Å²) in [6, 6.07) is 3.72. The van der Waals surface area contributed by atoms with Gasteiger partial charge >= 0.3 is 11.7 Å². The minimum atomic E-state index is -0.250. The van der Waals surface area contributed by atoms with Crippen LogP contribution in [0.2, 0.25) is 0 Å². The highest BCUT2D eigenvalue weighted by Crippen LogP contribution is 2.30. The molecule has 0 saturated carbocycles. The smallest absolute Gasteiger partial charge is 0.328 e. The Kier molecular flexibility index (Phi) is 4.63. The number of nitrogens with zero attached hydrogens (tertiary/aromatic N) is 3. The second-order valence-electron chi connectivity index (χ2n) is 5.98. The van der Waals surface area contributed by atoms with Gasteiger partial charge in [0.15, 0.2) is 5.13 Å². The van der Waals surface area contributed by atoms with Crippen molar-refractivity contribution in [2.24, 2.45) is 14.1 Å². The molecule has 132 valence electrons. The third-order valence-electron chi connectivity index (χ3n) is 4.15. The van der Waals surface area contributed by atoms with Gasteiger partial charge in [0.2, 0.25) is 0 Å². The molecule has 0 spiro atoms. The van der Waals surface area contributed by atoms with E-state index in [1.807, 2.05) is 31.4 Å². The predicted molar refractivity (Wildman–Crippen MR) is 101 cm³/mol. The minimum Gasteiger partial charge on any atom is -0.338 e. The lowest BCUT2D eigenvalue weighted by molar-refractivity contribution is 0.252. The van der Waals surface area contributed by atoms with Gasteiger partial charge < -0.3 is 5.32 Å². The Hall–Kier alpha value is -2.61. The molecule has 2 heterocycles. The number of anilines is 1. The Morgan fingerprint density at radius 1 is 1.24 bits per heavy atom. The summed E-state index contributed by atoms with van der Waals surface area (Å²) in [6.45, 7) is 4.62. The molecule has 0 saturated heterocycles. The van der Waals surface area contributed by atoms with Crippen LogP contribution in [0.4, 0.5) is 9.93 Å². The van der Waals surface area contributed by atoms with Gasteiger partial charge in [0, 0.05) is 31.6 Å². The standard InChI is InChI=1S/C17H21N5O2S/c1-5-6-18-15(23)20-16-19-12(9-25-16)11-8-14-13(7-10(11)2)21(3)17(24)22(14)4/h7-9H,5-6H2,1-4H3,(H2,18,19,20,23). The zero-order chi connectivity index (χ0) is 18.1. The van der Waals surface area contributed by atoms with Gasteiger partial charge in [0.05, 0.1) is 16.7 Å². The molecule has 0 aliphatic carbocycles.